The van der Waals surface area contributed by atoms with Gasteiger partial charge in [0.1, 0.15) is 0 Å². The molecule has 0 radical (unpaired) electrons. The molecule has 0 aromatic heterocycles. The number of hydrogen-bond donors (Lipinski definition) is 0. The number of carbonyl (C=O) groups is 2. The molecule has 2 amide bonds. The van der Waals surface area contributed by atoms with Crippen LogP contribution in [0.15, 0.2) is 30.3 Å². The van der Waals surface area contributed by atoms with E-state index in [0.717, 1.165) is 38.8 Å². The summed E-state index contributed by atoms with van der Waals surface area (Å²) in [7, 11) is 0. The Kier molecular flexibility index (Phi) is 4.30. The summed E-state index contributed by atoms with van der Waals surface area (Å²) in [5.74, 6) is 1.29. The second-order valence-electron chi connectivity index (χ2n) is 7.60. The molecule has 24 heavy (non-hydrogen) atoms. The molecule has 0 unspecified atom stereocenters. The highest BCUT2D eigenvalue weighted by Crippen LogP contribution is 2.35. The first-order chi connectivity index (χ1) is 11.7. The van der Waals surface area contributed by atoms with Crippen LogP contribution < -0.4 is 0 Å². The number of carbonyl (C=O) groups excluding carboxylic acids is 2. The number of benzene rings is 1. The zero-order valence-electron chi connectivity index (χ0n) is 14.2. The lowest BCUT2D eigenvalue weighted by atomic mass is 9.84. The maximum Gasteiger partial charge on any atom is 0.225 e. The number of rotatable bonds is 3. The van der Waals surface area contributed by atoms with Crippen LogP contribution >= 0.6 is 0 Å². The van der Waals surface area contributed by atoms with Crippen LogP contribution in [-0.2, 0) is 16.1 Å². The molecule has 3 fully saturated rings. The summed E-state index contributed by atoms with van der Waals surface area (Å²) in [5.41, 5.74) is 1.18. The summed E-state index contributed by atoms with van der Waals surface area (Å²) in [6, 6.07) is 10.4. The van der Waals surface area contributed by atoms with Crippen LogP contribution in [0.1, 0.15) is 44.1 Å². The number of nitrogens with zero attached hydrogens (tertiary/aromatic N) is 2. The molecule has 1 aromatic carbocycles. The summed E-state index contributed by atoms with van der Waals surface area (Å²) in [5, 5.41) is 0. The highest BCUT2D eigenvalue weighted by molar-refractivity contribution is 5.81. The van der Waals surface area contributed by atoms with E-state index in [4.69, 9.17) is 0 Å². The van der Waals surface area contributed by atoms with Crippen molar-refractivity contribution in [2.24, 2.45) is 11.8 Å². The summed E-state index contributed by atoms with van der Waals surface area (Å²) in [6.07, 6.45) is 5.97. The molecule has 2 heterocycles. The van der Waals surface area contributed by atoms with Crippen LogP contribution in [0, 0.1) is 11.8 Å². The van der Waals surface area contributed by atoms with Gasteiger partial charge in [0.25, 0.3) is 0 Å². The Morgan fingerprint density at radius 1 is 1.04 bits per heavy atom. The molecule has 2 saturated heterocycles. The Labute approximate surface area is 143 Å². The Morgan fingerprint density at radius 2 is 1.83 bits per heavy atom. The van der Waals surface area contributed by atoms with E-state index in [2.05, 4.69) is 21.9 Å². The van der Waals surface area contributed by atoms with Crippen molar-refractivity contribution in [3.05, 3.63) is 35.9 Å². The van der Waals surface area contributed by atoms with Crippen molar-refractivity contribution in [2.75, 3.05) is 13.1 Å². The first-order valence-electron chi connectivity index (χ1n) is 9.34. The zero-order chi connectivity index (χ0) is 16.5. The van der Waals surface area contributed by atoms with Crippen molar-refractivity contribution in [1.29, 1.82) is 0 Å². The number of fused-ring (bicyclic) bond motifs is 1. The number of amides is 2. The van der Waals surface area contributed by atoms with Gasteiger partial charge in [-0.25, -0.2) is 0 Å². The van der Waals surface area contributed by atoms with Gasteiger partial charge in [0.05, 0.1) is 6.04 Å². The highest BCUT2D eigenvalue weighted by atomic mass is 16.2. The summed E-state index contributed by atoms with van der Waals surface area (Å²) in [6.45, 7) is 2.25. The van der Waals surface area contributed by atoms with E-state index in [1.807, 2.05) is 18.2 Å². The standard InChI is InChI=1S/C20H26N2O2/c23-19-11-5-10-17-13-21(20(24)16-8-4-9-16)14-18(17)22(19)12-15-6-2-1-3-7-15/h1-3,6-7,16-18H,4-5,8-14H2/t17-,18+/m1/s1. The molecule has 3 aliphatic rings. The van der Waals surface area contributed by atoms with Gasteiger partial charge in [0, 0.05) is 32.0 Å². The monoisotopic (exact) mass is 326 g/mol. The smallest absolute Gasteiger partial charge is 0.225 e. The fraction of sp³-hybridized carbons (Fsp3) is 0.600. The molecule has 1 saturated carbocycles. The first kappa shape index (κ1) is 15.7. The van der Waals surface area contributed by atoms with Crippen molar-refractivity contribution in [2.45, 2.75) is 51.1 Å². The Morgan fingerprint density at radius 3 is 2.54 bits per heavy atom. The van der Waals surface area contributed by atoms with Gasteiger partial charge in [-0.15, -0.1) is 0 Å². The lowest BCUT2D eigenvalue weighted by Crippen LogP contribution is -2.44. The SMILES string of the molecule is O=C(C1CCC1)N1C[C@H]2CCCC(=O)N(Cc3ccccc3)[C@H]2C1. The lowest BCUT2D eigenvalue weighted by Gasteiger charge is -2.31. The largest absolute Gasteiger partial charge is 0.340 e. The van der Waals surface area contributed by atoms with Crippen LogP contribution in [0.25, 0.3) is 0 Å². The molecule has 4 rings (SSSR count). The van der Waals surface area contributed by atoms with E-state index in [9.17, 15) is 9.59 Å². The van der Waals surface area contributed by atoms with E-state index in [1.165, 1.54) is 12.0 Å². The van der Waals surface area contributed by atoms with Crippen LogP contribution in [0.2, 0.25) is 0 Å². The average Bonchev–Trinajstić information content (AvgIpc) is 2.90. The van der Waals surface area contributed by atoms with Gasteiger partial charge in [0.2, 0.25) is 11.8 Å². The van der Waals surface area contributed by atoms with Crippen molar-refractivity contribution in [1.82, 2.24) is 9.80 Å². The second-order valence-corrected chi connectivity index (χ2v) is 7.60. The Bertz CT molecular complexity index is 611. The number of hydrogen-bond acceptors (Lipinski definition) is 2. The van der Waals surface area contributed by atoms with Crippen LogP contribution in [0.5, 0.6) is 0 Å². The molecular formula is C20H26N2O2. The predicted molar refractivity (Wildman–Crippen MR) is 92.0 cm³/mol. The number of likely N-dealkylation sites (tertiary alicyclic amines) is 2. The molecule has 4 nitrogen and oxygen atoms in total. The first-order valence-corrected chi connectivity index (χ1v) is 9.34. The van der Waals surface area contributed by atoms with Gasteiger partial charge < -0.3 is 9.80 Å². The summed E-state index contributed by atoms with van der Waals surface area (Å²) in [4.78, 5) is 29.4. The third-order valence-electron chi connectivity index (χ3n) is 6.05. The third-order valence-corrected chi connectivity index (χ3v) is 6.05. The van der Waals surface area contributed by atoms with Crippen molar-refractivity contribution >= 4 is 11.8 Å². The molecule has 0 spiro atoms. The maximum absolute atomic E-state index is 12.7. The molecule has 0 bridgehead atoms. The lowest BCUT2D eigenvalue weighted by molar-refractivity contribution is -0.139. The molecular weight excluding hydrogens is 300 g/mol. The summed E-state index contributed by atoms with van der Waals surface area (Å²) >= 11 is 0. The predicted octanol–water partition coefficient (Wildman–Crippen LogP) is 2.83. The van der Waals surface area contributed by atoms with Crippen LogP contribution in [-0.4, -0.2) is 40.7 Å². The van der Waals surface area contributed by atoms with Crippen molar-refractivity contribution < 1.29 is 9.59 Å². The normalized spacial score (nSPS) is 27.6. The highest BCUT2D eigenvalue weighted by Gasteiger charge is 2.43. The van der Waals surface area contributed by atoms with E-state index >= 15 is 0 Å². The van der Waals surface area contributed by atoms with Gasteiger partial charge >= 0.3 is 0 Å². The van der Waals surface area contributed by atoms with E-state index < -0.39 is 0 Å². The minimum absolute atomic E-state index is 0.198. The molecule has 1 aromatic rings. The quantitative estimate of drug-likeness (QED) is 0.857. The van der Waals surface area contributed by atoms with Crippen molar-refractivity contribution in [3.63, 3.8) is 0 Å². The molecule has 4 heteroatoms. The van der Waals surface area contributed by atoms with Gasteiger partial charge in [-0.3, -0.25) is 9.59 Å². The maximum atomic E-state index is 12.7. The molecule has 0 N–H and O–H groups in total. The fourth-order valence-electron chi connectivity index (χ4n) is 4.41. The van der Waals surface area contributed by atoms with Crippen LogP contribution in [0.4, 0.5) is 0 Å². The van der Waals surface area contributed by atoms with Gasteiger partial charge in [-0.1, -0.05) is 36.8 Å². The topological polar surface area (TPSA) is 40.6 Å². The van der Waals surface area contributed by atoms with Gasteiger partial charge in [-0.05, 0) is 37.2 Å². The van der Waals surface area contributed by atoms with Gasteiger partial charge in [0.15, 0.2) is 0 Å². The Hall–Kier alpha value is -1.84. The third kappa shape index (κ3) is 2.94. The molecule has 128 valence electrons. The zero-order valence-corrected chi connectivity index (χ0v) is 14.2. The van der Waals surface area contributed by atoms with Gasteiger partial charge in [-0.2, -0.15) is 0 Å². The average molecular weight is 326 g/mol. The Balaban J connectivity index is 1.51. The van der Waals surface area contributed by atoms with E-state index in [-0.39, 0.29) is 17.9 Å². The molecule has 1 aliphatic carbocycles. The fourth-order valence-corrected chi connectivity index (χ4v) is 4.41. The minimum Gasteiger partial charge on any atom is -0.340 e. The minimum atomic E-state index is 0.198. The molecule has 2 aliphatic heterocycles. The van der Waals surface area contributed by atoms with Crippen LogP contribution in [0.3, 0.4) is 0 Å². The molecule has 2 atom stereocenters. The summed E-state index contributed by atoms with van der Waals surface area (Å²) < 4.78 is 0. The van der Waals surface area contributed by atoms with E-state index in [0.29, 0.717) is 24.8 Å². The van der Waals surface area contributed by atoms with Crippen molar-refractivity contribution in [3.8, 4) is 0 Å². The van der Waals surface area contributed by atoms with E-state index in [1.54, 1.807) is 0 Å². The second kappa shape index (κ2) is 6.58.